The van der Waals surface area contributed by atoms with Crippen molar-refractivity contribution in [3.8, 4) is 23.0 Å². The largest absolute Gasteiger partial charge is 0.493 e. The van der Waals surface area contributed by atoms with E-state index >= 15 is 0 Å². The van der Waals surface area contributed by atoms with Crippen LogP contribution < -0.4 is 18.9 Å². The third-order valence-electron chi connectivity index (χ3n) is 4.85. The van der Waals surface area contributed by atoms with E-state index in [0.29, 0.717) is 35.2 Å². The second kappa shape index (κ2) is 8.27. The molecule has 0 bridgehead atoms. The van der Waals surface area contributed by atoms with Crippen molar-refractivity contribution < 1.29 is 23.7 Å². The Morgan fingerprint density at radius 3 is 2.52 bits per heavy atom. The molecule has 0 saturated carbocycles. The Bertz CT molecular complexity index is 999. The first kappa shape index (κ1) is 18.9. The van der Waals surface area contributed by atoms with E-state index in [1.54, 1.807) is 25.3 Å². The normalized spacial score (nSPS) is 17.4. The van der Waals surface area contributed by atoms with Gasteiger partial charge in [0.1, 0.15) is 19.0 Å². The Morgan fingerprint density at radius 1 is 0.931 bits per heavy atom. The molecule has 1 heterocycles. The van der Waals surface area contributed by atoms with E-state index in [-0.39, 0.29) is 12.2 Å². The van der Waals surface area contributed by atoms with Gasteiger partial charge in [0.05, 0.1) is 7.11 Å². The highest BCUT2D eigenvalue weighted by Crippen LogP contribution is 2.41. The first-order chi connectivity index (χ1) is 14.2. The minimum absolute atomic E-state index is 0.203. The molecule has 5 nitrogen and oxygen atoms in total. The number of methoxy groups -OCH3 is 1. The van der Waals surface area contributed by atoms with Crippen molar-refractivity contribution in [3.05, 3.63) is 83.4 Å². The lowest BCUT2D eigenvalue weighted by Gasteiger charge is -2.32. The number of rotatable bonds is 6. The average molecular weight is 390 g/mol. The SMILES string of the molecule is COc1cc([C@@H]2Oc3cc(C=O)ccc3O[C@H]2C)ccc1OCc1ccccc1. The van der Waals surface area contributed by atoms with E-state index in [4.69, 9.17) is 18.9 Å². The number of ether oxygens (including phenoxy) is 4. The van der Waals surface area contributed by atoms with Gasteiger partial charge in [0, 0.05) is 11.1 Å². The Kier molecular flexibility index (Phi) is 5.38. The van der Waals surface area contributed by atoms with Crippen LogP contribution in [-0.2, 0) is 6.61 Å². The summed E-state index contributed by atoms with van der Waals surface area (Å²) in [6.45, 7) is 2.41. The van der Waals surface area contributed by atoms with Crippen molar-refractivity contribution in [2.24, 2.45) is 0 Å². The Morgan fingerprint density at radius 2 is 1.76 bits per heavy atom. The molecule has 0 amide bonds. The molecule has 0 aliphatic carbocycles. The minimum Gasteiger partial charge on any atom is -0.493 e. The maximum atomic E-state index is 11.1. The van der Waals surface area contributed by atoms with Crippen molar-refractivity contribution >= 4 is 6.29 Å². The van der Waals surface area contributed by atoms with Crippen LogP contribution in [0.15, 0.2) is 66.7 Å². The molecule has 1 aliphatic rings. The van der Waals surface area contributed by atoms with Crippen LogP contribution in [0.3, 0.4) is 0 Å². The molecular weight excluding hydrogens is 368 g/mol. The first-order valence-corrected chi connectivity index (χ1v) is 9.45. The summed E-state index contributed by atoms with van der Waals surface area (Å²) in [5.41, 5.74) is 2.53. The van der Waals surface area contributed by atoms with Crippen LogP contribution in [-0.4, -0.2) is 19.5 Å². The van der Waals surface area contributed by atoms with Gasteiger partial charge in [-0.2, -0.15) is 0 Å². The molecule has 0 N–H and O–H groups in total. The van der Waals surface area contributed by atoms with E-state index in [2.05, 4.69) is 0 Å². The molecule has 0 spiro atoms. The average Bonchev–Trinajstić information content (AvgIpc) is 2.77. The third kappa shape index (κ3) is 4.04. The van der Waals surface area contributed by atoms with Gasteiger partial charge >= 0.3 is 0 Å². The fourth-order valence-corrected chi connectivity index (χ4v) is 3.34. The fraction of sp³-hybridized carbons (Fsp3) is 0.208. The van der Waals surface area contributed by atoms with Gasteiger partial charge in [-0.05, 0) is 42.8 Å². The fourth-order valence-electron chi connectivity index (χ4n) is 3.34. The van der Waals surface area contributed by atoms with Crippen molar-refractivity contribution in [1.29, 1.82) is 0 Å². The molecule has 0 radical (unpaired) electrons. The zero-order chi connectivity index (χ0) is 20.2. The molecule has 5 heteroatoms. The van der Waals surface area contributed by atoms with E-state index in [1.165, 1.54) is 0 Å². The molecule has 0 unspecified atom stereocenters. The topological polar surface area (TPSA) is 54.0 Å². The Balaban J connectivity index is 1.55. The molecule has 2 atom stereocenters. The number of hydrogen-bond donors (Lipinski definition) is 0. The highest BCUT2D eigenvalue weighted by molar-refractivity contribution is 5.76. The summed E-state index contributed by atoms with van der Waals surface area (Å²) >= 11 is 0. The van der Waals surface area contributed by atoms with E-state index in [0.717, 1.165) is 17.4 Å². The number of carbonyl (C=O) groups excluding carboxylic acids is 1. The molecule has 148 valence electrons. The molecule has 1 aliphatic heterocycles. The van der Waals surface area contributed by atoms with Crippen molar-refractivity contribution in [3.63, 3.8) is 0 Å². The number of benzene rings is 3. The van der Waals surface area contributed by atoms with E-state index in [9.17, 15) is 4.79 Å². The van der Waals surface area contributed by atoms with Crippen LogP contribution in [0, 0.1) is 0 Å². The van der Waals surface area contributed by atoms with Gasteiger partial charge in [-0.25, -0.2) is 0 Å². The van der Waals surface area contributed by atoms with Gasteiger partial charge < -0.3 is 18.9 Å². The summed E-state index contributed by atoms with van der Waals surface area (Å²) in [4.78, 5) is 11.1. The van der Waals surface area contributed by atoms with Gasteiger partial charge in [0.25, 0.3) is 0 Å². The van der Waals surface area contributed by atoms with Crippen molar-refractivity contribution in [2.75, 3.05) is 7.11 Å². The minimum atomic E-state index is -0.332. The monoisotopic (exact) mass is 390 g/mol. The molecular formula is C24H22O5. The molecule has 0 aromatic heterocycles. The van der Waals surface area contributed by atoms with Crippen LogP contribution in [0.25, 0.3) is 0 Å². The van der Waals surface area contributed by atoms with Crippen molar-refractivity contribution in [2.45, 2.75) is 25.7 Å². The summed E-state index contributed by atoms with van der Waals surface area (Å²) in [7, 11) is 1.61. The van der Waals surface area contributed by atoms with Gasteiger partial charge in [-0.3, -0.25) is 4.79 Å². The number of hydrogen-bond acceptors (Lipinski definition) is 5. The van der Waals surface area contributed by atoms with E-state index in [1.807, 2.05) is 55.5 Å². The third-order valence-corrected chi connectivity index (χ3v) is 4.85. The number of fused-ring (bicyclic) bond motifs is 1. The first-order valence-electron chi connectivity index (χ1n) is 9.45. The standard InChI is InChI=1S/C24H22O5/c1-16-24(29-23-12-18(14-25)8-10-21(23)28-16)19-9-11-20(22(13-19)26-2)27-15-17-6-4-3-5-7-17/h3-14,16,24H,15H2,1-2H3/t16-,24+/m0/s1. The quantitative estimate of drug-likeness (QED) is 0.555. The maximum Gasteiger partial charge on any atom is 0.163 e. The number of aldehydes is 1. The second-order valence-electron chi connectivity index (χ2n) is 6.87. The highest BCUT2D eigenvalue weighted by atomic mass is 16.6. The predicted molar refractivity (Wildman–Crippen MR) is 109 cm³/mol. The summed E-state index contributed by atoms with van der Waals surface area (Å²) < 4.78 is 23.6. The van der Waals surface area contributed by atoms with Crippen molar-refractivity contribution in [1.82, 2.24) is 0 Å². The van der Waals surface area contributed by atoms with Crippen LogP contribution in [0.1, 0.15) is 34.5 Å². The highest BCUT2D eigenvalue weighted by Gasteiger charge is 2.30. The summed E-state index contributed by atoms with van der Waals surface area (Å²) in [5, 5.41) is 0. The second-order valence-corrected chi connectivity index (χ2v) is 6.87. The lowest BCUT2D eigenvalue weighted by atomic mass is 10.0. The maximum absolute atomic E-state index is 11.1. The molecule has 3 aromatic carbocycles. The molecule has 4 rings (SSSR count). The summed E-state index contributed by atoms with van der Waals surface area (Å²) in [5.74, 6) is 2.48. The molecule has 0 fully saturated rings. The molecule has 3 aromatic rings. The van der Waals surface area contributed by atoms with Crippen LogP contribution in [0.2, 0.25) is 0 Å². The Labute approximate surface area is 169 Å². The summed E-state index contributed by atoms with van der Waals surface area (Å²) in [6.07, 6.45) is 0.255. The zero-order valence-corrected chi connectivity index (χ0v) is 16.3. The van der Waals surface area contributed by atoms with Crippen LogP contribution in [0.4, 0.5) is 0 Å². The van der Waals surface area contributed by atoms with Gasteiger partial charge in [0.15, 0.2) is 29.1 Å². The Hall–Kier alpha value is -3.47. The van der Waals surface area contributed by atoms with Gasteiger partial charge in [0.2, 0.25) is 0 Å². The van der Waals surface area contributed by atoms with Gasteiger partial charge in [-0.15, -0.1) is 0 Å². The summed E-state index contributed by atoms with van der Waals surface area (Å²) in [6, 6.07) is 20.9. The predicted octanol–water partition coefficient (Wildman–Crippen LogP) is 4.99. The van der Waals surface area contributed by atoms with Crippen LogP contribution in [0.5, 0.6) is 23.0 Å². The molecule has 29 heavy (non-hydrogen) atoms. The lowest BCUT2D eigenvalue weighted by Crippen LogP contribution is -2.30. The van der Waals surface area contributed by atoms with Gasteiger partial charge in [-0.1, -0.05) is 36.4 Å². The lowest BCUT2D eigenvalue weighted by molar-refractivity contribution is 0.0305. The number of carbonyl (C=O) groups is 1. The molecule has 0 saturated heterocycles. The zero-order valence-electron chi connectivity index (χ0n) is 16.3. The smallest absolute Gasteiger partial charge is 0.163 e. The van der Waals surface area contributed by atoms with Crippen LogP contribution >= 0.6 is 0 Å². The van der Waals surface area contributed by atoms with E-state index < -0.39 is 0 Å².